The van der Waals surface area contributed by atoms with Gasteiger partial charge in [-0.3, -0.25) is 34.2 Å². The first-order chi connectivity index (χ1) is 29.5. The van der Waals surface area contributed by atoms with E-state index in [2.05, 4.69) is 30.6 Å². The van der Waals surface area contributed by atoms with Gasteiger partial charge in [-0.15, -0.1) is 10.2 Å². The zero-order valence-electron chi connectivity index (χ0n) is 33.7. The van der Waals surface area contributed by atoms with Crippen molar-refractivity contribution in [3.05, 3.63) is 75.7 Å². The van der Waals surface area contributed by atoms with Gasteiger partial charge in [0.2, 0.25) is 11.8 Å². The van der Waals surface area contributed by atoms with E-state index in [1.54, 1.807) is 24.3 Å². The molecule has 2 atom stereocenters. The van der Waals surface area contributed by atoms with Crippen LogP contribution in [0.2, 0.25) is 5.02 Å². The van der Waals surface area contributed by atoms with Gasteiger partial charge in [0.1, 0.15) is 23.7 Å². The average molecular weight is 852 g/mol. The number of nitrogens with zero attached hydrogens (tertiary/aromatic N) is 7. The number of likely N-dealkylation sites (tertiary alicyclic amines) is 1. The maximum atomic E-state index is 15.6. The third kappa shape index (κ3) is 8.25. The highest BCUT2D eigenvalue weighted by Gasteiger charge is 2.47. The molecule has 1 spiro atoms. The summed E-state index contributed by atoms with van der Waals surface area (Å²) in [5.74, 6) is -1.39. The van der Waals surface area contributed by atoms with Crippen LogP contribution in [-0.4, -0.2) is 114 Å². The Morgan fingerprint density at radius 3 is 2.36 bits per heavy atom. The summed E-state index contributed by atoms with van der Waals surface area (Å²) < 4.78 is 21.7. The first kappa shape index (κ1) is 40.7. The first-order valence-electron chi connectivity index (χ1n) is 21.2. The second-order valence-corrected chi connectivity index (χ2v) is 17.9. The minimum Gasteiger partial charge on any atom is -0.490 e. The molecule has 1 aromatic heterocycles. The lowest BCUT2D eigenvalue weighted by Crippen LogP contribution is -2.54. The summed E-state index contributed by atoms with van der Waals surface area (Å²) in [6.07, 6.45) is 7.09. The molecule has 5 amide bonds. The zero-order chi connectivity index (χ0) is 42.4. The van der Waals surface area contributed by atoms with Crippen LogP contribution < -0.4 is 25.2 Å². The molecule has 61 heavy (non-hydrogen) atoms. The molecular formula is C44H47ClFN9O6. The van der Waals surface area contributed by atoms with Crippen LogP contribution in [-0.2, 0) is 9.59 Å². The Morgan fingerprint density at radius 2 is 1.66 bits per heavy atom. The maximum absolute atomic E-state index is 15.6. The van der Waals surface area contributed by atoms with Crippen molar-refractivity contribution < 1.29 is 33.1 Å². The molecule has 6 heterocycles. The Bertz CT molecular complexity index is 2310. The summed E-state index contributed by atoms with van der Waals surface area (Å²) in [7, 11) is 0. The van der Waals surface area contributed by atoms with Gasteiger partial charge in [-0.05, 0) is 107 Å². The summed E-state index contributed by atoms with van der Waals surface area (Å²) in [5.41, 5.74) is 1.03. The van der Waals surface area contributed by atoms with Crippen LogP contribution in [0.3, 0.4) is 0 Å². The number of fused-ring (bicyclic) bond motifs is 1. The Morgan fingerprint density at radius 1 is 0.902 bits per heavy atom. The van der Waals surface area contributed by atoms with Crippen LogP contribution in [0.5, 0.6) is 5.75 Å². The topological polar surface area (TPSA) is 181 Å². The van der Waals surface area contributed by atoms with Crippen molar-refractivity contribution in [2.24, 2.45) is 11.3 Å². The van der Waals surface area contributed by atoms with Gasteiger partial charge >= 0.3 is 0 Å². The number of hydrogen-bond donors (Lipinski definition) is 2. The van der Waals surface area contributed by atoms with Crippen molar-refractivity contribution in [2.75, 3.05) is 55.6 Å². The lowest BCUT2D eigenvalue weighted by molar-refractivity contribution is -0.136. The normalized spacial score (nSPS) is 25.9. The number of carbonyl (C=O) groups excluding carboxylic acids is 5. The van der Waals surface area contributed by atoms with Gasteiger partial charge in [0, 0.05) is 63.2 Å². The number of nitriles is 1. The van der Waals surface area contributed by atoms with E-state index in [1.165, 1.54) is 6.07 Å². The monoisotopic (exact) mass is 851 g/mol. The van der Waals surface area contributed by atoms with E-state index in [-0.39, 0.29) is 53.1 Å². The number of benzene rings is 2. The molecule has 17 heteroatoms. The van der Waals surface area contributed by atoms with E-state index in [0.717, 1.165) is 101 Å². The van der Waals surface area contributed by atoms with Crippen molar-refractivity contribution in [1.29, 1.82) is 5.26 Å². The quantitative estimate of drug-likeness (QED) is 0.289. The minimum atomic E-state index is -1.10. The molecule has 15 nitrogen and oxygen atoms in total. The summed E-state index contributed by atoms with van der Waals surface area (Å²) in [6, 6.07) is 12.2. The number of hydrogen-bond acceptors (Lipinski definition) is 12. The van der Waals surface area contributed by atoms with Crippen LogP contribution in [0, 0.1) is 28.5 Å². The fraction of sp³-hybridized carbons (Fsp3) is 0.500. The van der Waals surface area contributed by atoms with Crippen LogP contribution in [0.25, 0.3) is 0 Å². The fourth-order valence-electron chi connectivity index (χ4n) is 10.1. The standard InChI is InChI=1S/C44H47ClFN9O6/c45-33-19-30(4-1-27(33)22-47)61-29-5-2-28(3-6-29)48-40(57)35-7-9-38(51-50-35)53-15-11-26(12-16-53)23-52-17-13-44(24-52)14-18-54(25-44)37-21-32-31(20-34(37)46)42(59)55(43(32)60)36-8-10-39(56)49-41(36)58/h1,4,7,9,19-21,26,28-29,36H,2-3,5-6,8,10-18,23-25H2,(H,48,57)(H,49,56,58)/t28-,29-,36?,44?. The fourth-order valence-corrected chi connectivity index (χ4v) is 10.4. The van der Waals surface area contributed by atoms with Gasteiger partial charge < -0.3 is 24.8 Å². The number of rotatable bonds is 9. The summed E-state index contributed by atoms with van der Waals surface area (Å²) in [4.78, 5) is 71.4. The second kappa shape index (κ2) is 16.7. The molecule has 4 saturated heterocycles. The van der Waals surface area contributed by atoms with E-state index in [9.17, 15) is 24.0 Å². The molecule has 0 radical (unpaired) electrons. The van der Waals surface area contributed by atoms with E-state index < -0.39 is 35.5 Å². The van der Waals surface area contributed by atoms with Crippen molar-refractivity contribution in [2.45, 2.75) is 82.4 Å². The van der Waals surface area contributed by atoms with E-state index in [0.29, 0.717) is 41.0 Å². The van der Waals surface area contributed by atoms with Gasteiger partial charge in [-0.1, -0.05) is 11.6 Å². The van der Waals surface area contributed by atoms with Crippen LogP contribution >= 0.6 is 11.6 Å². The third-order valence-electron chi connectivity index (χ3n) is 13.5. The van der Waals surface area contributed by atoms with Crippen LogP contribution in [0.1, 0.15) is 101 Å². The van der Waals surface area contributed by atoms with Crippen molar-refractivity contribution in [3.8, 4) is 11.8 Å². The molecule has 1 aliphatic carbocycles. The molecule has 5 aliphatic heterocycles. The molecular weight excluding hydrogens is 805 g/mol. The molecule has 9 rings (SSSR count). The highest BCUT2D eigenvalue weighted by Crippen LogP contribution is 2.43. The highest BCUT2D eigenvalue weighted by atomic mass is 35.5. The van der Waals surface area contributed by atoms with Crippen molar-refractivity contribution in [3.63, 3.8) is 0 Å². The number of aromatic nitrogens is 2. The predicted molar refractivity (Wildman–Crippen MR) is 221 cm³/mol. The SMILES string of the molecule is N#Cc1ccc(O[C@H]2CC[C@H](NC(=O)c3ccc(N4CCC(CN5CCC6(CCN(c7cc8c(cc7F)C(=O)N(C7CCC(=O)NC7=O)C8=O)C6)C5)CC4)nn3)CC2)cc1Cl. The lowest BCUT2D eigenvalue weighted by Gasteiger charge is -2.34. The van der Waals surface area contributed by atoms with Gasteiger partial charge in [0.05, 0.1) is 33.5 Å². The van der Waals surface area contributed by atoms with E-state index in [1.807, 2.05) is 17.0 Å². The molecule has 6 aliphatic rings. The first-order valence-corrected chi connectivity index (χ1v) is 21.6. The number of imide groups is 2. The number of ether oxygens (including phenoxy) is 1. The summed E-state index contributed by atoms with van der Waals surface area (Å²) in [6.45, 7) is 5.84. The summed E-state index contributed by atoms with van der Waals surface area (Å²) >= 11 is 6.15. The Kier molecular flexibility index (Phi) is 11.1. The van der Waals surface area contributed by atoms with E-state index in [4.69, 9.17) is 21.6 Å². The Balaban J connectivity index is 0.718. The number of amides is 5. The number of nitrogens with one attached hydrogen (secondary N) is 2. The molecule has 318 valence electrons. The summed E-state index contributed by atoms with van der Waals surface area (Å²) in [5, 5.41) is 23.5. The van der Waals surface area contributed by atoms with Crippen molar-refractivity contribution in [1.82, 2.24) is 30.6 Å². The number of halogens is 2. The maximum Gasteiger partial charge on any atom is 0.272 e. The Hall–Kier alpha value is -5.66. The van der Waals surface area contributed by atoms with E-state index >= 15 is 4.39 Å². The molecule has 5 fully saturated rings. The molecule has 2 aromatic carbocycles. The second-order valence-electron chi connectivity index (χ2n) is 17.5. The minimum absolute atomic E-state index is 0.00455. The number of carbonyl (C=O) groups is 5. The Labute approximate surface area is 357 Å². The molecule has 3 aromatic rings. The van der Waals surface area contributed by atoms with Crippen LogP contribution in [0.4, 0.5) is 15.9 Å². The largest absolute Gasteiger partial charge is 0.490 e. The van der Waals surface area contributed by atoms with Crippen molar-refractivity contribution >= 4 is 52.6 Å². The zero-order valence-corrected chi connectivity index (χ0v) is 34.5. The average Bonchev–Trinajstić information content (AvgIpc) is 3.93. The predicted octanol–water partition coefficient (Wildman–Crippen LogP) is 4.48. The van der Waals surface area contributed by atoms with Gasteiger partial charge in [0.25, 0.3) is 17.7 Å². The number of piperidine rings is 2. The van der Waals surface area contributed by atoms with Gasteiger partial charge in [-0.2, -0.15) is 5.26 Å². The van der Waals surface area contributed by atoms with Gasteiger partial charge in [0.15, 0.2) is 11.5 Å². The highest BCUT2D eigenvalue weighted by molar-refractivity contribution is 6.31. The molecule has 2 unspecified atom stereocenters. The molecule has 1 saturated carbocycles. The smallest absolute Gasteiger partial charge is 0.272 e. The van der Waals surface area contributed by atoms with Gasteiger partial charge in [-0.25, -0.2) is 4.39 Å². The third-order valence-corrected chi connectivity index (χ3v) is 13.8. The lowest BCUT2D eigenvalue weighted by atomic mass is 9.86. The van der Waals surface area contributed by atoms with Crippen LogP contribution in [0.15, 0.2) is 42.5 Å². The molecule has 2 N–H and O–H groups in total. The number of anilines is 2. The molecule has 0 bridgehead atoms.